The van der Waals surface area contributed by atoms with Crippen molar-refractivity contribution in [3.8, 4) is 0 Å². The average molecular weight is 278 g/mol. The van der Waals surface area contributed by atoms with Gasteiger partial charge in [-0.1, -0.05) is 0 Å². The molecule has 1 aromatic heterocycles. The van der Waals surface area contributed by atoms with Crippen molar-refractivity contribution in [3.63, 3.8) is 0 Å². The largest absolute Gasteiger partial charge is 0.374 e. The summed E-state index contributed by atoms with van der Waals surface area (Å²) in [6.45, 7) is 1.07. The fourth-order valence-corrected chi connectivity index (χ4v) is 5.39. The van der Waals surface area contributed by atoms with E-state index in [0.29, 0.717) is 24.0 Å². The lowest BCUT2D eigenvalue weighted by molar-refractivity contribution is 0.100. The Morgan fingerprint density at radius 3 is 3.05 bits per heavy atom. The van der Waals surface area contributed by atoms with E-state index >= 15 is 0 Å². The van der Waals surface area contributed by atoms with Crippen LogP contribution >= 0.6 is 11.3 Å². The maximum Gasteiger partial charge on any atom is 0.0989 e. The first-order valence-corrected chi connectivity index (χ1v) is 8.46. The molecule has 4 rings (SSSR count). The van der Waals surface area contributed by atoms with Gasteiger partial charge >= 0.3 is 0 Å². The molecule has 19 heavy (non-hydrogen) atoms. The minimum Gasteiger partial charge on any atom is -0.374 e. The molecule has 0 radical (unpaired) electrons. The van der Waals surface area contributed by atoms with Gasteiger partial charge in [0.05, 0.1) is 22.9 Å². The van der Waals surface area contributed by atoms with Crippen LogP contribution in [0.4, 0.5) is 0 Å². The molecule has 1 aliphatic carbocycles. The second kappa shape index (κ2) is 4.83. The Kier molecular flexibility index (Phi) is 3.13. The van der Waals surface area contributed by atoms with Crippen LogP contribution in [-0.4, -0.2) is 30.8 Å². The average Bonchev–Trinajstić information content (AvgIpc) is 3.13. The van der Waals surface area contributed by atoms with Gasteiger partial charge in [0, 0.05) is 23.3 Å². The van der Waals surface area contributed by atoms with Crippen LogP contribution in [0.25, 0.3) is 0 Å². The van der Waals surface area contributed by atoms with E-state index in [1.54, 1.807) is 4.88 Å². The molecule has 0 saturated carbocycles. The number of hydrogen-bond acceptors (Lipinski definition) is 4. The highest BCUT2D eigenvalue weighted by atomic mass is 32.1. The molecule has 104 valence electrons. The summed E-state index contributed by atoms with van der Waals surface area (Å²) in [6.07, 6.45) is 8.61. The fraction of sp³-hybridized carbons (Fsp3) is 0.800. The van der Waals surface area contributed by atoms with Crippen molar-refractivity contribution in [2.24, 2.45) is 0 Å². The molecule has 0 spiro atoms. The molecule has 2 aliphatic heterocycles. The minimum atomic E-state index is 0.473. The van der Waals surface area contributed by atoms with Gasteiger partial charge < -0.3 is 10.1 Å². The Hall–Kier alpha value is -0.450. The molecule has 4 atom stereocenters. The minimum absolute atomic E-state index is 0.473. The van der Waals surface area contributed by atoms with Crippen LogP contribution in [-0.2, 0) is 11.2 Å². The Morgan fingerprint density at radius 1 is 1.37 bits per heavy atom. The number of nitrogens with one attached hydrogen (secondary N) is 1. The predicted molar refractivity (Wildman–Crippen MR) is 77.0 cm³/mol. The second-order valence-electron chi connectivity index (χ2n) is 6.22. The van der Waals surface area contributed by atoms with Crippen LogP contribution in [0.15, 0.2) is 0 Å². The molecular formula is C15H22N2OS. The van der Waals surface area contributed by atoms with Crippen LogP contribution in [0.5, 0.6) is 0 Å². The van der Waals surface area contributed by atoms with Crippen LogP contribution in [0, 0.1) is 0 Å². The summed E-state index contributed by atoms with van der Waals surface area (Å²) in [5.41, 5.74) is 1.41. The summed E-state index contributed by atoms with van der Waals surface area (Å²) < 4.78 is 6.00. The first-order chi connectivity index (χ1) is 9.35. The van der Waals surface area contributed by atoms with Crippen molar-refractivity contribution in [1.29, 1.82) is 0 Å². The smallest absolute Gasteiger partial charge is 0.0989 e. The van der Waals surface area contributed by atoms with Crippen LogP contribution in [0.3, 0.4) is 0 Å². The zero-order valence-corrected chi connectivity index (χ0v) is 12.3. The summed E-state index contributed by atoms with van der Waals surface area (Å²) in [4.78, 5) is 6.61. The fourth-order valence-electron chi connectivity index (χ4n) is 4.03. The van der Waals surface area contributed by atoms with E-state index in [1.807, 2.05) is 18.4 Å². The number of fused-ring (bicyclic) bond motifs is 3. The number of ether oxygens (including phenoxy) is 1. The highest BCUT2D eigenvalue weighted by molar-refractivity contribution is 7.11. The third-order valence-corrected chi connectivity index (χ3v) is 6.22. The van der Waals surface area contributed by atoms with E-state index in [-0.39, 0.29) is 0 Å². The molecule has 3 aliphatic rings. The lowest BCUT2D eigenvalue weighted by atomic mass is 9.89. The highest BCUT2D eigenvalue weighted by Crippen LogP contribution is 2.47. The summed E-state index contributed by atoms with van der Waals surface area (Å²) >= 11 is 1.98. The van der Waals surface area contributed by atoms with Gasteiger partial charge in [-0.3, -0.25) is 0 Å². The number of aromatic nitrogens is 1. The molecule has 2 fully saturated rings. The Bertz CT molecular complexity index is 473. The zero-order valence-electron chi connectivity index (χ0n) is 11.5. The number of rotatable bonds is 3. The van der Waals surface area contributed by atoms with E-state index in [2.05, 4.69) is 5.32 Å². The van der Waals surface area contributed by atoms with Crippen LogP contribution < -0.4 is 5.32 Å². The SMILES string of the molecule is CNCC1CCCc2sc(C3CC4CCC3O4)nc21. The van der Waals surface area contributed by atoms with Gasteiger partial charge in [-0.15, -0.1) is 11.3 Å². The van der Waals surface area contributed by atoms with Gasteiger partial charge in [-0.05, 0) is 45.6 Å². The lowest BCUT2D eigenvalue weighted by Crippen LogP contribution is -2.21. The summed E-state index contributed by atoms with van der Waals surface area (Å²) in [7, 11) is 2.05. The van der Waals surface area contributed by atoms with Gasteiger partial charge in [0.15, 0.2) is 0 Å². The number of nitrogens with zero attached hydrogens (tertiary/aromatic N) is 1. The number of hydrogen-bond donors (Lipinski definition) is 1. The van der Waals surface area contributed by atoms with E-state index in [0.717, 1.165) is 6.54 Å². The van der Waals surface area contributed by atoms with Gasteiger partial charge in [-0.25, -0.2) is 4.98 Å². The molecule has 1 aromatic rings. The van der Waals surface area contributed by atoms with Crippen molar-refractivity contribution in [2.45, 2.75) is 62.6 Å². The molecule has 3 heterocycles. The molecule has 4 unspecified atom stereocenters. The van der Waals surface area contributed by atoms with E-state index in [1.165, 1.54) is 49.2 Å². The van der Waals surface area contributed by atoms with Gasteiger partial charge in [0.25, 0.3) is 0 Å². The molecular weight excluding hydrogens is 256 g/mol. The maximum absolute atomic E-state index is 6.00. The highest BCUT2D eigenvalue weighted by Gasteiger charge is 2.43. The van der Waals surface area contributed by atoms with E-state index in [9.17, 15) is 0 Å². The van der Waals surface area contributed by atoms with Crippen molar-refractivity contribution < 1.29 is 4.74 Å². The molecule has 0 aromatic carbocycles. The molecule has 3 nitrogen and oxygen atoms in total. The van der Waals surface area contributed by atoms with Crippen LogP contribution in [0.2, 0.25) is 0 Å². The zero-order chi connectivity index (χ0) is 12.8. The van der Waals surface area contributed by atoms with Crippen molar-refractivity contribution >= 4 is 11.3 Å². The quantitative estimate of drug-likeness (QED) is 0.923. The number of thiazole rings is 1. The first kappa shape index (κ1) is 12.3. The molecule has 2 saturated heterocycles. The third-order valence-electron chi connectivity index (χ3n) is 4.96. The monoisotopic (exact) mass is 278 g/mol. The summed E-state index contributed by atoms with van der Waals surface area (Å²) in [5, 5.41) is 4.70. The Morgan fingerprint density at radius 2 is 2.32 bits per heavy atom. The van der Waals surface area contributed by atoms with Gasteiger partial charge in [-0.2, -0.15) is 0 Å². The second-order valence-corrected chi connectivity index (χ2v) is 7.34. The molecule has 0 amide bonds. The Balaban J connectivity index is 1.61. The maximum atomic E-state index is 6.00. The topological polar surface area (TPSA) is 34.1 Å². The molecule has 2 bridgehead atoms. The van der Waals surface area contributed by atoms with Gasteiger partial charge in [0.1, 0.15) is 0 Å². The third kappa shape index (κ3) is 2.05. The van der Waals surface area contributed by atoms with E-state index in [4.69, 9.17) is 9.72 Å². The normalized spacial score (nSPS) is 36.7. The lowest BCUT2D eigenvalue weighted by Gasteiger charge is -2.20. The number of aryl methyl sites for hydroxylation is 1. The molecule has 4 heteroatoms. The van der Waals surface area contributed by atoms with Crippen molar-refractivity contribution in [1.82, 2.24) is 10.3 Å². The summed E-state index contributed by atoms with van der Waals surface area (Å²) in [6, 6.07) is 0. The first-order valence-electron chi connectivity index (χ1n) is 7.64. The summed E-state index contributed by atoms with van der Waals surface area (Å²) in [5.74, 6) is 1.24. The van der Waals surface area contributed by atoms with E-state index < -0.39 is 0 Å². The van der Waals surface area contributed by atoms with Gasteiger partial charge in [0.2, 0.25) is 0 Å². The molecule has 1 N–H and O–H groups in total. The van der Waals surface area contributed by atoms with Crippen LogP contribution in [0.1, 0.15) is 59.5 Å². The Labute approximate surface area is 118 Å². The number of likely N-dealkylation sites (N-methyl/N-ethyl adjacent to an activating group) is 1. The van der Waals surface area contributed by atoms with Crippen molar-refractivity contribution in [3.05, 3.63) is 15.6 Å². The van der Waals surface area contributed by atoms with Crippen molar-refractivity contribution in [2.75, 3.05) is 13.6 Å². The predicted octanol–water partition coefficient (Wildman–Crippen LogP) is 2.82. The standard InChI is InChI=1S/C15H22N2OS/c1-16-8-9-3-2-4-13-14(9)17-15(19-13)11-7-10-5-6-12(11)18-10/h9-12,16H,2-8H2,1H3.